The fraction of sp³-hybridized carbons (Fsp3) is 0.357. The number of hydrogen-bond acceptors (Lipinski definition) is 3. The number of anilines is 1. The monoisotopic (exact) mass is 376 g/mol. The quantitative estimate of drug-likeness (QED) is 0.762. The van der Waals surface area contributed by atoms with Gasteiger partial charge in [0, 0.05) is 15.3 Å². The van der Waals surface area contributed by atoms with Crippen LogP contribution in [0.1, 0.15) is 40.5 Å². The van der Waals surface area contributed by atoms with Gasteiger partial charge in [0.1, 0.15) is 0 Å². The maximum Gasteiger partial charge on any atom is 0.417 e. The number of nitrogens with two attached hydrogens (primary N) is 1. The van der Waals surface area contributed by atoms with Crippen molar-refractivity contribution in [2.45, 2.75) is 31.4 Å². The van der Waals surface area contributed by atoms with Gasteiger partial charge in [0.2, 0.25) is 0 Å². The summed E-state index contributed by atoms with van der Waals surface area (Å²) >= 11 is 4.36. The van der Waals surface area contributed by atoms with Crippen molar-refractivity contribution in [3.05, 3.63) is 44.4 Å². The number of aryl methyl sites for hydroxylation is 1. The van der Waals surface area contributed by atoms with Crippen LogP contribution in [0.15, 0.2) is 22.7 Å². The van der Waals surface area contributed by atoms with Gasteiger partial charge in [-0.25, -0.2) is 4.98 Å². The van der Waals surface area contributed by atoms with E-state index in [0.29, 0.717) is 10.7 Å². The van der Waals surface area contributed by atoms with E-state index in [4.69, 9.17) is 5.73 Å². The molecule has 0 fully saturated rings. The van der Waals surface area contributed by atoms with Gasteiger partial charge in [-0.05, 0) is 37.0 Å². The highest BCUT2D eigenvalue weighted by Gasteiger charge is 2.34. The molecule has 1 unspecified atom stereocenters. The van der Waals surface area contributed by atoms with Crippen LogP contribution in [0, 0.1) is 0 Å². The fourth-order valence-corrected chi connectivity index (χ4v) is 4.25. The molecule has 0 radical (unpaired) electrons. The maximum absolute atomic E-state index is 13.0. The van der Waals surface area contributed by atoms with Crippen molar-refractivity contribution >= 4 is 32.4 Å². The number of thiazole rings is 1. The number of alkyl halides is 3. The van der Waals surface area contributed by atoms with E-state index in [1.807, 2.05) is 0 Å². The van der Waals surface area contributed by atoms with Gasteiger partial charge in [0.25, 0.3) is 0 Å². The topological polar surface area (TPSA) is 38.9 Å². The average molecular weight is 377 g/mol. The normalized spacial score (nSPS) is 18.6. The zero-order chi connectivity index (χ0) is 15.2. The number of nitrogen functional groups attached to an aromatic ring is 1. The molecular formula is C14H12BrF3N2S. The maximum atomic E-state index is 13.0. The molecule has 0 spiro atoms. The number of nitrogens with zero attached hydrogens (tertiary/aromatic N) is 1. The van der Waals surface area contributed by atoms with E-state index in [0.717, 1.165) is 29.8 Å². The van der Waals surface area contributed by atoms with Crippen molar-refractivity contribution in [3.8, 4) is 0 Å². The van der Waals surface area contributed by atoms with E-state index >= 15 is 0 Å². The Morgan fingerprint density at radius 3 is 2.81 bits per heavy atom. The predicted molar refractivity (Wildman–Crippen MR) is 80.5 cm³/mol. The Labute approximate surface area is 132 Å². The minimum atomic E-state index is -4.36. The molecule has 7 heteroatoms. The molecule has 112 valence electrons. The zero-order valence-electron chi connectivity index (χ0n) is 10.9. The molecule has 1 aliphatic carbocycles. The number of benzene rings is 1. The summed E-state index contributed by atoms with van der Waals surface area (Å²) < 4.78 is 39.2. The molecule has 0 saturated carbocycles. The largest absolute Gasteiger partial charge is 0.417 e. The number of aromatic nitrogens is 1. The van der Waals surface area contributed by atoms with Crippen molar-refractivity contribution in [1.82, 2.24) is 4.98 Å². The average Bonchev–Trinajstić information content (AvgIpc) is 2.78. The van der Waals surface area contributed by atoms with Crippen LogP contribution in [0.4, 0.5) is 18.3 Å². The third-order valence-electron chi connectivity index (χ3n) is 3.67. The molecule has 1 aromatic carbocycles. The Hall–Kier alpha value is -1.08. The van der Waals surface area contributed by atoms with Crippen LogP contribution < -0.4 is 5.73 Å². The van der Waals surface area contributed by atoms with Crippen molar-refractivity contribution in [2.24, 2.45) is 0 Å². The Bertz CT molecular complexity index is 681. The summed E-state index contributed by atoms with van der Waals surface area (Å²) in [5.41, 5.74) is 6.72. The molecule has 1 aromatic heterocycles. The summed E-state index contributed by atoms with van der Waals surface area (Å²) in [6.45, 7) is 0. The first kappa shape index (κ1) is 14.8. The van der Waals surface area contributed by atoms with Crippen LogP contribution in [0.5, 0.6) is 0 Å². The molecule has 21 heavy (non-hydrogen) atoms. The Morgan fingerprint density at radius 1 is 1.33 bits per heavy atom. The van der Waals surface area contributed by atoms with E-state index in [2.05, 4.69) is 20.9 Å². The van der Waals surface area contributed by atoms with Crippen molar-refractivity contribution in [3.63, 3.8) is 0 Å². The molecule has 1 atom stereocenters. The van der Waals surface area contributed by atoms with E-state index < -0.39 is 11.7 Å². The van der Waals surface area contributed by atoms with Gasteiger partial charge >= 0.3 is 6.18 Å². The minimum absolute atomic E-state index is 0.0438. The molecule has 0 bridgehead atoms. The Kier molecular flexibility index (Phi) is 3.73. The minimum Gasteiger partial charge on any atom is -0.375 e. The highest BCUT2D eigenvalue weighted by molar-refractivity contribution is 9.10. The highest BCUT2D eigenvalue weighted by Crippen LogP contribution is 2.43. The molecule has 0 saturated heterocycles. The van der Waals surface area contributed by atoms with Crippen LogP contribution in [-0.4, -0.2) is 4.98 Å². The van der Waals surface area contributed by atoms with Crippen LogP contribution in [0.2, 0.25) is 0 Å². The summed E-state index contributed by atoms with van der Waals surface area (Å²) in [5, 5.41) is 0.486. The van der Waals surface area contributed by atoms with Gasteiger partial charge in [-0.2, -0.15) is 13.2 Å². The summed E-state index contributed by atoms with van der Waals surface area (Å²) in [5.74, 6) is -0.0438. The van der Waals surface area contributed by atoms with Gasteiger partial charge in [-0.15, -0.1) is 11.3 Å². The molecule has 1 aliphatic rings. The van der Waals surface area contributed by atoms with Crippen LogP contribution in [0.25, 0.3) is 0 Å². The fourth-order valence-electron chi connectivity index (χ4n) is 2.73. The predicted octanol–water partition coefficient (Wildman–Crippen LogP) is 4.97. The lowest BCUT2D eigenvalue weighted by Crippen LogP contribution is -2.12. The van der Waals surface area contributed by atoms with E-state index in [9.17, 15) is 13.2 Å². The Balaban J connectivity index is 2.06. The van der Waals surface area contributed by atoms with Crippen LogP contribution >= 0.6 is 27.3 Å². The molecular weight excluding hydrogens is 365 g/mol. The van der Waals surface area contributed by atoms with E-state index in [1.165, 1.54) is 23.5 Å². The summed E-state index contributed by atoms with van der Waals surface area (Å²) in [4.78, 5) is 5.29. The summed E-state index contributed by atoms with van der Waals surface area (Å²) in [6.07, 6.45) is -1.77. The van der Waals surface area contributed by atoms with E-state index in [1.54, 1.807) is 6.07 Å². The first-order chi connectivity index (χ1) is 9.86. The first-order valence-corrected chi connectivity index (χ1v) is 8.09. The lowest BCUT2D eigenvalue weighted by atomic mass is 9.85. The molecule has 1 heterocycles. The summed E-state index contributed by atoms with van der Waals surface area (Å²) in [6, 6.07) is 4.45. The SMILES string of the molecule is Nc1nc2c(s1)C(c1ccc(Br)c(C(F)(F)F)c1)CCC2. The van der Waals surface area contributed by atoms with E-state index in [-0.39, 0.29) is 10.4 Å². The van der Waals surface area contributed by atoms with Gasteiger partial charge in [0.05, 0.1) is 11.3 Å². The smallest absolute Gasteiger partial charge is 0.375 e. The lowest BCUT2D eigenvalue weighted by Gasteiger charge is -2.22. The Morgan fingerprint density at radius 2 is 2.10 bits per heavy atom. The second-order valence-corrected chi connectivity index (χ2v) is 6.96. The van der Waals surface area contributed by atoms with Crippen molar-refractivity contribution in [1.29, 1.82) is 0 Å². The molecule has 0 aliphatic heterocycles. The third kappa shape index (κ3) is 2.81. The third-order valence-corrected chi connectivity index (χ3v) is 5.40. The molecule has 2 nitrogen and oxygen atoms in total. The van der Waals surface area contributed by atoms with Crippen molar-refractivity contribution < 1.29 is 13.2 Å². The number of hydrogen-bond donors (Lipinski definition) is 1. The molecule has 3 rings (SSSR count). The number of fused-ring (bicyclic) bond motifs is 1. The lowest BCUT2D eigenvalue weighted by molar-refractivity contribution is -0.138. The second-order valence-electron chi connectivity index (χ2n) is 5.04. The van der Waals surface area contributed by atoms with Gasteiger partial charge in [-0.1, -0.05) is 22.0 Å². The van der Waals surface area contributed by atoms with Crippen molar-refractivity contribution in [2.75, 3.05) is 5.73 Å². The van der Waals surface area contributed by atoms with Gasteiger partial charge in [0.15, 0.2) is 5.13 Å². The van der Waals surface area contributed by atoms with Gasteiger partial charge < -0.3 is 5.73 Å². The molecule has 2 N–H and O–H groups in total. The zero-order valence-corrected chi connectivity index (χ0v) is 13.3. The second kappa shape index (κ2) is 5.28. The molecule has 2 aromatic rings. The number of rotatable bonds is 1. The first-order valence-electron chi connectivity index (χ1n) is 6.48. The van der Waals surface area contributed by atoms with Crippen LogP contribution in [0.3, 0.4) is 0 Å². The standard InChI is InChI=1S/C14H12BrF3N2S/c15-10-5-4-7(6-9(10)14(16,17)18)8-2-1-3-11-12(8)21-13(19)20-11/h4-6,8H,1-3H2,(H2,19,20). The van der Waals surface area contributed by atoms with Crippen LogP contribution in [-0.2, 0) is 12.6 Å². The number of halogens is 4. The van der Waals surface area contributed by atoms with Gasteiger partial charge in [-0.3, -0.25) is 0 Å². The summed E-state index contributed by atoms with van der Waals surface area (Å²) in [7, 11) is 0. The highest BCUT2D eigenvalue weighted by atomic mass is 79.9. The molecule has 0 amide bonds.